The Labute approximate surface area is 60.3 Å². The van der Waals surface area contributed by atoms with Gasteiger partial charge in [-0.15, -0.1) is 0 Å². The van der Waals surface area contributed by atoms with E-state index in [0.717, 1.165) is 13.2 Å². The van der Waals surface area contributed by atoms with Crippen LogP contribution in [0.25, 0.3) is 0 Å². The minimum absolute atomic E-state index is 0.583. The lowest BCUT2D eigenvalue weighted by atomic mass is 10.6. The van der Waals surface area contributed by atoms with Crippen LogP contribution in [0, 0.1) is 0 Å². The SMILES string of the molecule is CC1CO1.CC1CO1.OO. The van der Waals surface area contributed by atoms with Crippen LogP contribution in [0.4, 0.5) is 0 Å². The Morgan fingerprint density at radius 2 is 1.10 bits per heavy atom. The monoisotopic (exact) mass is 150 g/mol. The van der Waals surface area contributed by atoms with Crippen molar-refractivity contribution in [3.05, 3.63) is 0 Å². The van der Waals surface area contributed by atoms with Crippen LogP contribution in [-0.2, 0) is 9.47 Å². The molecule has 2 atom stereocenters. The number of hydrogen-bond donors (Lipinski definition) is 2. The van der Waals surface area contributed by atoms with Gasteiger partial charge in [0.2, 0.25) is 0 Å². The molecule has 2 saturated heterocycles. The Kier molecular flexibility index (Phi) is 5.52. The van der Waals surface area contributed by atoms with Crippen molar-refractivity contribution in [2.75, 3.05) is 13.2 Å². The normalized spacial score (nSPS) is 32.4. The highest BCUT2D eigenvalue weighted by molar-refractivity contribution is 4.58. The first kappa shape index (κ1) is 9.84. The molecule has 2 aliphatic rings. The second kappa shape index (κ2) is 5.61. The van der Waals surface area contributed by atoms with Gasteiger partial charge >= 0.3 is 0 Å². The van der Waals surface area contributed by atoms with E-state index >= 15 is 0 Å². The minimum atomic E-state index is 0.583. The Balaban J connectivity index is 0.000000131. The predicted molar refractivity (Wildman–Crippen MR) is 36.1 cm³/mol. The Morgan fingerprint density at radius 1 is 1.00 bits per heavy atom. The third kappa shape index (κ3) is 10.8. The Bertz CT molecular complexity index is 58.1. The summed E-state index contributed by atoms with van der Waals surface area (Å²) >= 11 is 0. The topological polar surface area (TPSA) is 65.5 Å². The molecular weight excluding hydrogens is 136 g/mol. The fraction of sp³-hybridized carbons (Fsp3) is 1.00. The highest BCUT2D eigenvalue weighted by Gasteiger charge is 2.13. The second-order valence-corrected chi connectivity index (χ2v) is 2.29. The molecule has 0 amide bonds. The van der Waals surface area contributed by atoms with E-state index in [0.29, 0.717) is 12.2 Å². The molecule has 2 rings (SSSR count). The van der Waals surface area contributed by atoms with Crippen molar-refractivity contribution < 1.29 is 20.0 Å². The molecule has 2 fully saturated rings. The van der Waals surface area contributed by atoms with Crippen LogP contribution in [0.1, 0.15) is 13.8 Å². The van der Waals surface area contributed by atoms with Crippen molar-refractivity contribution in [2.24, 2.45) is 0 Å². The molecule has 0 bridgehead atoms. The standard InChI is InChI=1S/2C3H6O.H2O2/c2*1-3-2-4-3;1-2/h2*3H,2H2,1H3;1-2H. The smallest absolute Gasteiger partial charge is 0.0781 e. The van der Waals surface area contributed by atoms with Gasteiger partial charge in [-0.3, -0.25) is 10.5 Å². The van der Waals surface area contributed by atoms with Crippen LogP contribution in [0.15, 0.2) is 0 Å². The molecular formula is C6H14O4. The fourth-order valence-corrected chi connectivity index (χ4v) is 0.192. The zero-order valence-corrected chi connectivity index (χ0v) is 6.28. The fourth-order valence-electron chi connectivity index (χ4n) is 0.192. The Morgan fingerprint density at radius 3 is 1.10 bits per heavy atom. The molecule has 62 valence electrons. The van der Waals surface area contributed by atoms with Crippen molar-refractivity contribution in [1.29, 1.82) is 0 Å². The van der Waals surface area contributed by atoms with E-state index in [-0.39, 0.29) is 0 Å². The second-order valence-electron chi connectivity index (χ2n) is 2.29. The van der Waals surface area contributed by atoms with Gasteiger partial charge in [0.05, 0.1) is 25.4 Å². The van der Waals surface area contributed by atoms with Crippen molar-refractivity contribution in [2.45, 2.75) is 26.1 Å². The van der Waals surface area contributed by atoms with E-state index in [1.54, 1.807) is 0 Å². The maximum absolute atomic E-state index is 6.00. The number of rotatable bonds is 0. The third-order valence-electron chi connectivity index (χ3n) is 1.00. The highest BCUT2D eigenvalue weighted by Crippen LogP contribution is 2.04. The first-order valence-electron chi connectivity index (χ1n) is 3.22. The summed E-state index contributed by atoms with van der Waals surface area (Å²) in [6, 6.07) is 0. The van der Waals surface area contributed by atoms with E-state index in [1.807, 2.05) is 0 Å². The van der Waals surface area contributed by atoms with Gasteiger partial charge in [0, 0.05) is 0 Å². The van der Waals surface area contributed by atoms with Crippen LogP contribution in [-0.4, -0.2) is 35.9 Å². The average Bonchev–Trinajstić information content (AvgIpc) is 2.80. The van der Waals surface area contributed by atoms with Crippen LogP contribution >= 0.6 is 0 Å². The Hall–Kier alpha value is -0.160. The van der Waals surface area contributed by atoms with Crippen LogP contribution in [0.2, 0.25) is 0 Å². The lowest BCUT2D eigenvalue weighted by molar-refractivity contribution is -0.176. The van der Waals surface area contributed by atoms with Crippen molar-refractivity contribution in [3.63, 3.8) is 0 Å². The molecule has 0 aromatic rings. The summed E-state index contributed by atoms with van der Waals surface area (Å²) in [5.74, 6) is 0. The molecule has 2 N–H and O–H groups in total. The van der Waals surface area contributed by atoms with Gasteiger partial charge in [0.15, 0.2) is 0 Å². The van der Waals surface area contributed by atoms with Crippen LogP contribution < -0.4 is 0 Å². The summed E-state index contributed by atoms with van der Waals surface area (Å²) < 4.78 is 9.42. The molecule has 0 aromatic heterocycles. The summed E-state index contributed by atoms with van der Waals surface area (Å²) in [6.45, 7) is 6.08. The van der Waals surface area contributed by atoms with Crippen LogP contribution in [0.3, 0.4) is 0 Å². The van der Waals surface area contributed by atoms with Gasteiger partial charge in [0.1, 0.15) is 0 Å². The average molecular weight is 150 g/mol. The molecule has 10 heavy (non-hydrogen) atoms. The first-order chi connectivity index (χ1) is 4.79. The molecule has 2 heterocycles. The summed E-state index contributed by atoms with van der Waals surface area (Å²) in [5, 5.41) is 12.0. The van der Waals surface area contributed by atoms with Gasteiger partial charge in [0.25, 0.3) is 0 Å². The zero-order valence-electron chi connectivity index (χ0n) is 6.28. The summed E-state index contributed by atoms with van der Waals surface area (Å²) in [6.07, 6.45) is 1.17. The lowest BCUT2D eigenvalue weighted by Gasteiger charge is -1.51. The van der Waals surface area contributed by atoms with Crippen LogP contribution in [0.5, 0.6) is 0 Å². The van der Waals surface area contributed by atoms with Crippen molar-refractivity contribution in [1.82, 2.24) is 0 Å². The molecule has 4 heteroatoms. The van der Waals surface area contributed by atoms with Gasteiger partial charge in [-0.1, -0.05) is 0 Å². The molecule has 0 aliphatic carbocycles. The quantitative estimate of drug-likeness (QED) is 0.305. The number of epoxide rings is 2. The van der Waals surface area contributed by atoms with Crippen molar-refractivity contribution in [3.8, 4) is 0 Å². The maximum atomic E-state index is 6.00. The molecule has 0 aromatic carbocycles. The van der Waals surface area contributed by atoms with E-state index in [1.165, 1.54) is 0 Å². The van der Waals surface area contributed by atoms with E-state index in [9.17, 15) is 0 Å². The summed E-state index contributed by atoms with van der Waals surface area (Å²) in [5.41, 5.74) is 0. The highest BCUT2D eigenvalue weighted by atomic mass is 17.0. The van der Waals surface area contributed by atoms with E-state index < -0.39 is 0 Å². The maximum Gasteiger partial charge on any atom is 0.0781 e. The summed E-state index contributed by atoms with van der Waals surface area (Å²) in [4.78, 5) is 0. The number of ether oxygens (including phenoxy) is 2. The summed E-state index contributed by atoms with van der Waals surface area (Å²) in [7, 11) is 0. The largest absolute Gasteiger partial charge is 0.373 e. The molecule has 2 unspecified atom stereocenters. The first-order valence-corrected chi connectivity index (χ1v) is 3.22. The van der Waals surface area contributed by atoms with Gasteiger partial charge in [-0.2, -0.15) is 0 Å². The molecule has 0 radical (unpaired) electrons. The predicted octanol–water partition coefficient (Wildman–Crippen LogP) is 0.828. The molecule has 4 nitrogen and oxygen atoms in total. The third-order valence-corrected chi connectivity index (χ3v) is 1.00. The molecule has 2 aliphatic heterocycles. The number of hydrogen-bond acceptors (Lipinski definition) is 4. The van der Waals surface area contributed by atoms with Gasteiger partial charge < -0.3 is 9.47 Å². The molecule has 0 saturated carbocycles. The zero-order chi connectivity index (χ0) is 7.98. The van der Waals surface area contributed by atoms with Gasteiger partial charge in [-0.25, -0.2) is 0 Å². The minimum Gasteiger partial charge on any atom is -0.373 e. The van der Waals surface area contributed by atoms with E-state index in [4.69, 9.17) is 20.0 Å². The van der Waals surface area contributed by atoms with E-state index in [2.05, 4.69) is 13.8 Å². The molecule has 0 spiro atoms. The lowest BCUT2D eigenvalue weighted by Crippen LogP contribution is -1.60. The van der Waals surface area contributed by atoms with Crippen molar-refractivity contribution >= 4 is 0 Å². The van der Waals surface area contributed by atoms with Gasteiger partial charge in [-0.05, 0) is 13.8 Å².